The van der Waals surface area contributed by atoms with Gasteiger partial charge in [-0.15, -0.1) is 0 Å². The number of benzene rings is 2. The lowest BCUT2D eigenvalue weighted by atomic mass is 9.94. The minimum absolute atomic E-state index is 0.296. The van der Waals surface area contributed by atoms with E-state index < -0.39 is 6.10 Å². The number of rotatable bonds is 2. The van der Waals surface area contributed by atoms with E-state index in [4.69, 9.17) is 0 Å². The fourth-order valence-electron chi connectivity index (χ4n) is 3.84. The molecule has 0 radical (unpaired) electrons. The second-order valence-corrected chi connectivity index (χ2v) is 6.94. The van der Waals surface area contributed by atoms with Crippen molar-refractivity contribution in [1.82, 2.24) is 9.13 Å². The molecule has 0 saturated carbocycles. The molecule has 0 amide bonds. The molecule has 1 N–H and O–H groups in total. The lowest BCUT2D eigenvalue weighted by Crippen LogP contribution is -2.43. The Bertz CT molecular complexity index is 1110. The van der Waals surface area contributed by atoms with E-state index in [0.717, 1.165) is 26.6 Å². The van der Waals surface area contributed by atoms with E-state index in [1.165, 1.54) is 11.6 Å². The molecule has 26 heavy (non-hydrogen) atoms. The minimum Gasteiger partial charge on any atom is -0.391 e. The average Bonchev–Trinajstić information content (AvgIpc) is 2.63. The van der Waals surface area contributed by atoms with Crippen LogP contribution in [0.1, 0.15) is 11.1 Å². The molecule has 1 aliphatic rings. The monoisotopic (exact) mass is 351 g/mol. The van der Waals surface area contributed by atoms with Crippen LogP contribution in [-0.4, -0.2) is 26.9 Å². The molecule has 0 aliphatic carbocycles. The van der Waals surface area contributed by atoms with Gasteiger partial charge in [-0.1, -0.05) is 36.4 Å². The summed E-state index contributed by atoms with van der Waals surface area (Å²) >= 11 is 0. The van der Waals surface area contributed by atoms with Gasteiger partial charge in [0.1, 0.15) is 0 Å². The fraction of sp³-hybridized carbons (Fsp3) is 0.300. The summed E-state index contributed by atoms with van der Waals surface area (Å²) in [6.45, 7) is 0.797. The third kappa shape index (κ3) is 2.63. The molecule has 1 atom stereocenters. The molecule has 1 unspecified atom stereocenters. The molecular weight excluding hydrogens is 330 g/mol. The summed E-state index contributed by atoms with van der Waals surface area (Å²) in [7, 11) is 3.13. The second-order valence-electron chi connectivity index (χ2n) is 6.94. The van der Waals surface area contributed by atoms with Crippen LogP contribution in [0.3, 0.4) is 0 Å². The van der Waals surface area contributed by atoms with E-state index in [1.54, 1.807) is 13.2 Å². The Morgan fingerprint density at radius 2 is 1.88 bits per heavy atom. The zero-order valence-electron chi connectivity index (χ0n) is 14.8. The van der Waals surface area contributed by atoms with Crippen molar-refractivity contribution in [3.05, 3.63) is 74.6 Å². The Hall–Kier alpha value is -2.86. The summed E-state index contributed by atoms with van der Waals surface area (Å²) in [6.07, 6.45) is 1.71. The number of β-amino-alcohol motifs (C(OH)–C–C–N with tert-alkyl or cyclic N) is 1. The second kappa shape index (κ2) is 6.14. The highest BCUT2D eigenvalue weighted by atomic mass is 16.3. The standard InChI is InChI=1S/C20H21N3O3/c1-21-10-15(19(25)22(2)20(21)26)11-23-12-16(24)9-14-8-7-13-5-3-4-6-17(13)18(14)23/h3-8,10,16,24H,9,11-12H2,1-2H3. The molecule has 0 bridgehead atoms. The third-order valence-corrected chi connectivity index (χ3v) is 5.07. The van der Waals surface area contributed by atoms with Crippen molar-refractivity contribution in [3.63, 3.8) is 0 Å². The lowest BCUT2D eigenvalue weighted by Gasteiger charge is -2.35. The van der Waals surface area contributed by atoms with Gasteiger partial charge in [0.2, 0.25) is 0 Å². The largest absolute Gasteiger partial charge is 0.391 e. The van der Waals surface area contributed by atoms with Gasteiger partial charge in [0.15, 0.2) is 0 Å². The van der Waals surface area contributed by atoms with Crippen LogP contribution in [0.4, 0.5) is 5.69 Å². The minimum atomic E-state index is -0.486. The lowest BCUT2D eigenvalue weighted by molar-refractivity contribution is 0.175. The van der Waals surface area contributed by atoms with Crippen molar-refractivity contribution in [2.45, 2.75) is 19.1 Å². The average molecular weight is 351 g/mol. The van der Waals surface area contributed by atoms with Crippen LogP contribution in [0, 0.1) is 0 Å². The van der Waals surface area contributed by atoms with Gasteiger partial charge in [-0.05, 0) is 10.9 Å². The molecule has 1 aromatic heterocycles. The van der Waals surface area contributed by atoms with E-state index >= 15 is 0 Å². The number of hydrogen-bond acceptors (Lipinski definition) is 4. The van der Waals surface area contributed by atoms with Crippen LogP contribution in [0.5, 0.6) is 0 Å². The number of aryl methyl sites for hydroxylation is 1. The Morgan fingerprint density at radius 1 is 1.12 bits per heavy atom. The van der Waals surface area contributed by atoms with Gasteiger partial charge in [0, 0.05) is 50.9 Å². The molecule has 4 rings (SSSR count). The number of aliphatic hydroxyl groups excluding tert-OH is 1. The van der Waals surface area contributed by atoms with Crippen molar-refractivity contribution in [2.24, 2.45) is 14.1 Å². The first-order valence-corrected chi connectivity index (χ1v) is 8.65. The van der Waals surface area contributed by atoms with Crippen LogP contribution >= 0.6 is 0 Å². The Kier molecular flexibility index (Phi) is 3.92. The molecule has 0 saturated heterocycles. The first-order chi connectivity index (χ1) is 12.5. The highest BCUT2D eigenvalue weighted by molar-refractivity contribution is 5.96. The van der Waals surface area contributed by atoms with Gasteiger partial charge in [-0.25, -0.2) is 4.79 Å². The number of hydrogen-bond donors (Lipinski definition) is 1. The molecular formula is C20H21N3O3. The quantitative estimate of drug-likeness (QED) is 0.752. The number of aromatic nitrogens is 2. The van der Waals surface area contributed by atoms with Crippen LogP contribution in [0.2, 0.25) is 0 Å². The molecule has 0 spiro atoms. The number of aliphatic hydroxyl groups is 1. The van der Waals surface area contributed by atoms with Gasteiger partial charge < -0.3 is 14.6 Å². The normalized spacial score (nSPS) is 16.7. The van der Waals surface area contributed by atoms with Crippen LogP contribution < -0.4 is 16.1 Å². The third-order valence-electron chi connectivity index (χ3n) is 5.07. The maximum absolute atomic E-state index is 12.5. The predicted octanol–water partition coefficient (Wildman–Crippen LogP) is 1.16. The smallest absolute Gasteiger partial charge is 0.330 e. The van der Waals surface area contributed by atoms with E-state index in [9.17, 15) is 14.7 Å². The van der Waals surface area contributed by atoms with Crippen LogP contribution in [0.25, 0.3) is 10.8 Å². The van der Waals surface area contributed by atoms with Gasteiger partial charge in [0.25, 0.3) is 5.56 Å². The molecule has 2 aromatic carbocycles. The molecule has 3 aromatic rings. The topological polar surface area (TPSA) is 67.5 Å². The van der Waals surface area contributed by atoms with Crippen molar-refractivity contribution in [2.75, 3.05) is 11.4 Å². The molecule has 6 heteroatoms. The number of anilines is 1. The molecule has 1 aliphatic heterocycles. The summed E-state index contributed by atoms with van der Waals surface area (Å²) < 4.78 is 2.54. The Morgan fingerprint density at radius 3 is 2.69 bits per heavy atom. The van der Waals surface area contributed by atoms with Crippen molar-refractivity contribution in [1.29, 1.82) is 0 Å². The Labute approximate surface area is 150 Å². The Balaban J connectivity index is 1.86. The van der Waals surface area contributed by atoms with Crippen LogP contribution in [-0.2, 0) is 27.1 Å². The molecule has 2 heterocycles. The summed E-state index contributed by atoms with van der Waals surface area (Å²) in [6, 6.07) is 12.2. The molecule has 134 valence electrons. The molecule has 0 fully saturated rings. The highest BCUT2D eigenvalue weighted by Crippen LogP contribution is 2.35. The predicted molar refractivity (Wildman–Crippen MR) is 102 cm³/mol. The molecule has 6 nitrogen and oxygen atoms in total. The maximum Gasteiger partial charge on any atom is 0.330 e. The summed E-state index contributed by atoms with van der Waals surface area (Å²) in [5.74, 6) is 0. The van der Waals surface area contributed by atoms with E-state index in [2.05, 4.69) is 18.2 Å². The van der Waals surface area contributed by atoms with Gasteiger partial charge in [0.05, 0.1) is 11.7 Å². The van der Waals surface area contributed by atoms with Crippen molar-refractivity contribution in [3.8, 4) is 0 Å². The zero-order chi connectivity index (χ0) is 18.4. The van der Waals surface area contributed by atoms with E-state index in [-0.39, 0.29) is 11.2 Å². The fourth-order valence-corrected chi connectivity index (χ4v) is 3.84. The summed E-state index contributed by atoms with van der Waals surface area (Å²) in [4.78, 5) is 26.5. The number of fused-ring (bicyclic) bond motifs is 3. The van der Waals surface area contributed by atoms with E-state index in [0.29, 0.717) is 25.1 Å². The SMILES string of the molecule is Cn1cc(CN2CC(O)Cc3ccc4ccccc4c32)c(=O)n(C)c1=O. The highest BCUT2D eigenvalue weighted by Gasteiger charge is 2.25. The van der Waals surface area contributed by atoms with Crippen molar-refractivity contribution >= 4 is 16.5 Å². The zero-order valence-corrected chi connectivity index (χ0v) is 14.8. The van der Waals surface area contributed by atoms with Crippen molar-refractivity contribution < 1.29 is 5.11 Å². The summed E-state index contributed by atoms with van der Waals surface area (Å²) in [5.41, 5.74) is 2.02. The van der Waals surface area contributed by atoms with Crippen LogP contribution in [0.15, 0.2) is 52.2 Å². The van der Waals surface area contributed by atoms with E-state index in [1.807, 2.05) is 23.1 Å². The first kappa shape index (κ1) is 16.6. The summed E-state index contributed by atoms with van der Waals surface area (Å²) in [5, 5.41) is 12.6. The van der Waals surface area contributed by atoms with Gasteiger partial charge >= 0.3 is 5.69 Å². The van der Waals surface area contributed by atoms with Gasteiger partial charge in [-0.2, -0.15) is 0 Å². The van der Waals surface area contributed by atoms with Gasteiger partial charge in [-0.3, -0.25) is 9.36 Å². The first-order valence-electron chi connectivity index (χ1n) is 8.65. The number of nitrogens with zero attached hydrogens (tertiary/aromatic N) is 3. The maximum atomic E-state index is 12.5.